The van der Waals surface area contributed by atoms with Crippen molar-refractivity contribution in [2.45, 2.75) is 63.6 Å². The molecule has 1 aromatic heterocycles. The summed E-state index contributed by atoms with van der Waals surface area (Å²) >= 11 is 0. The molecule has 1 aliphatic heterocycles. The van der Waals surface area contributed by atoms with E-state index in [9.17, 15) is 0 Å². The summed E-state index contributed by atoms with van der Waals surface area (Å²) in [6.45, 7) is 5.75. The lowest BCUT2D eigenvalue weighted by atomic mass is 9.79. The Kier molecular flexibility index (Phi) is 4.37. The van der Waals surface area contributed by atoms with Gasteiger partial charge in [-0.2, -0.15) is 0 Å². The minimum absolute atomic E-state index is 0.400. The van der Waals surface area contributed by atoms with E-state index in [0.717, 1.165) is 13.1 Å². The van der Waals surface area contributed by atoms with Gasteiger partial charge in [0, 0.05) is 43.6 Å². The van der Waals surface area contributed by atoms with Gasteiger partial charge in [-0.1, -0.05) is 26.2 Å². The lowest BCUT2D eigenvalue weighted by Gasteiger charge is -2.49. The number of nitrogens with zero attached hydrogens (tertiary/aromatic N) is 2. The second-order valence-corrected chi connectivity index (χ2v) is 6.54. The lowest BCUT2D eigenvalue weighted by Crippen LogP contribution is -2.64. The number of rotatable bonds is 3. The molecule has 1 aromatic rings. The molecule has 0 aromatic carbocycles. The highest BCUT2D eigenvalue weighted by molar-refractivity contribution is 5.11. The Morgan fingerprint density at radius 2 is 2.00 bits per heavy atom. The van der Waals surface area contributed by atoms with Crippen molar-refractivity contribution in [2.24, 2.45) is 0 Å². The Labute approximate surface area is 122 Å². The maximum Gasteiger partial charge on any atom is 0.0309 e. The summed E-state index contributed by atoms with van der Waals surface area (Å²) < 4.78 is 0. The molecule has 2 heterocycles. The highest BCUT2D eigenvalue weighted by Crippen LogP contribution is 2.32. The molecule has 2 aliphatic rings. The molecular formula is C17H27N3. The molecule has 3 heteroatoms. The molecule has 0 radical (unpaired) electrons. The number of pyridine rings is 1. The van der Waals surface area contributed by atoms with Gasteiger partial charge in [0.2, 0.25) is 0 Å². The van der Waals surface area contributed by atoms with E-state index in [-0.39, 0.29) is 0 Å². The first-order chi connectivity index (χ1) is 9.81. The SMILES string of the molecule is CCC1CNC2(CCCCC2)CN1Cc1ccncc1. The van der Waals surface area contributed by atoms with Crippen LogP contribution in [0.5, 0.6) is 0 Å². The van der Waals surface area contributed by atoms with Crippen molar-refractivity contribution in [3.05, 3.63) is 30.1 Å². The van der Waals surface area contributed by atoms with Crippen molar-refractivity contribution in [3.8, 4) is 0 Å². The number of piperazine rings is 1. The van der Waals surface area contributed by atoms with Crippen LogP contribution >= 0.6 is 0 Å². The standard InChI is InChI=1S/C17H27N3/c1-2-16-12-19-17(8-4-3-5-9-17)14-20(16)13-15-6-10-18-11-7-15/h6-7,10-11,16,19H,2-5,8-9,12-14H2,1H3. The van der Waals surface area contributed by atoms with Crippen LogP contribution in [-0.4, -0.2) is 34.6 Å². The predicted molar refractivity (Wildman–Crippen MR) is 82.5 cm³/mol. The maximum atomic E-state index is 4.13. The molecule has 3 rings (SSSR count). The summed E-state index contributed by atoms with van der Waals surface area (Å²) in [4.78, 5) is 6.84. The number of hydrogen-bond donors (Lipinski definition) is 1. The van der Waals surface area contributed by atoms with E-state index < -0.39 is 0 Å². The van der Waals surface area contributed by atoms with Gasteiger partial charge in [-0.05, 0) is 37.0 Å². The molecule has 2 fully saturated rings. The third kappa shape index (κ3) is 3.04. The minimum Gasteiger partial charge on any atom is -0.308 e. The summed E-state index contributed by atoms with van der Waals surface area (Å²) in [5.41, 5.74) is 1.79. The van der Waals surface area contributed by atoms with Gasteiger partial charge in [-0.15, -0.1) is 0 Å². The topological polar surface area (TPSA) is 28.2 Å². The summed E-state index contributed by atoms with van der Waals surface area (Å²) in [5, 5.41) is 3.90. The van der Waals surface area contributed by atoms with Crippen LogP contribution in [0, 0.1) is 0 Å². The number of hydrogen-bond acceptors (Lipinski definition) is 3. The van der Waals surface area contributed by atoms with Crippen molar-refractivity contribution < 1.29 is 0 Å². The smallest absolute Gasteiger partial charge is 0.0309 e. The molecule has 1 N–H and O–H groups in total. The van der Waals surface area contributed by atoms with Crippen LogP contribution in [-0.2, 0) is 6.54 Å². The predicted octanol–water partition coefficient (Wildman–Crippen LogP) is 2.97. The number of nitrogens with one attached hydrogen (secondary N) is 1. The minimum atomic E-state index is 0.400. The lowest BCUT2D eigenvalue weighted by molar-refractivity contribution is 0.0484. The molecule has 1 atom stereocenters. The maximum absolute atomic E-state index is 4.13. The quantitative estimate of drug-likeness (QED) is 0.917. The van der Waals surface area contributed by atoms with E-state index in [1.54, 1.807) is 0 Å². The Hall–Kier alpha value is -0.930. The fourth-order valence-corrected chi connectivity index (χ4v) is 3.91. The van der Waals surface area contributed by atoms with Gasteiger partial charge < -0.3 is 5.32 Å². The Morgan fingerprint density at radius 3 is 2.70 bits per heavy atom. The molecule has 20 heavy (non-hydrogen) atoms. The highest BCUT2D eigenvalue weighted by Gasteiger charge is 2.39. The molecular weight excluding hydrogens is 246 g/mol. The van der Waals surface area contributed by atoms with E-state index in [1.807, 2.05) is 12.4 Å². The molecule has 3 nitrogen and oxygen atoms in total. The van der Waals surface area contributed by atoms with Crippen molar-refractivity contribution in [2.75, 3.05) is 13.1 Å². The second kappa shape index (κ2) is 6.23. The summed E-state index contributed by atoms with van der Waals surface area (Å²) in [5.74, 6) is 0. The van der Waals surface area contributed by atoms with Crippen molar-refractivity contribution >= 4 is 0 Å². The molecule has 1 saturated carbocycles. The largest absolute Gasteiger partial charge is 0.308 e. The average Bonchev–Trinajstić information content (AvgIpc) is 2.49. The third-order valence-electron chi connectivity index (χ3n) is 5.15. The van der Waals surface area contributed by atoms with Crippen molar-refractivity contribution in [1.29, 1.82) is 0 Å². The van der Waals surface area contributed by atoms with Gasteiger partial charge in [0.15, 0.2) is 0 Å². The third-order valence-corrected chi connectivity index (χ3v) is 5.15. The van der Waals surface area contributed by atoms with E-state index >= 15 is 0 Å². The zero-order valence-corrected chi connectivity index (χ0v) is 12.6. The van der Waals surface area contributed by atoms with Crippen LogP contribution in [0.2, 0.25) is 0 Å². The van der Waals surface area contributed by atoms with Gasteiger partial charge >= 0.3 is 0 Å². The summed E-state index contributed by atoms with van der Waals surface area (Å²) in [6.07, 6.45) is 12.0. The van der Waals surface area contributed by atoms with Gasteiger partial charge in [0.1, 0.15) is 0 Å². The van der Waals surface area contributed by atoms with Gasteiger partial charge in [-0.25, -0.2) is 0 Å². The van der Waals surface area contributed by atoms with Crippen molar-refractivity contribution in [3.63, 3.8) is 0 Å². The average molecular weight is 273 g/mol. The molecule has 1 aliphatic carbocycles. The monoisotopic (exact) mass is 273 g/mol. The zero-order valence-electron chi connectivity index (χ0n) is 12.6. The van der Waals surface area contributed by atoms with E-state index in [4.69, 9.17) is 0 Å². The molecule has 1 saturated heterocycles. The molecule has 1 spiro atoms. The van der Waals surface area contributed by atoms with Gasteiger partial charge in [0.05, 0.1) is 0 Å². The van der Waals surface area contributed by atoms with Gasteiger partial charge in [0.25, 0.3) is 0 Å². The first kappa shape index (κ1) is 14.0. The first-order valence-corrected chi connectivity index (χ1v) is 8.19. The fourth-order valence-electron chi connectivity index (χ4n) is 3.91. The van der Waals surface area contributed by atoms with Crippen LogP contribution in [0.15, 0.2) is 24.5 Å². The molecule has 110 valence electrons. The second-order valence-electron chi connectivity index (χ2n) is 6.54. The Balaban J connectivity index is 1.71. The number of aromatic nitrogens is 1. The van der Waals surface area contributed by atoms with Crippen LogP contribution in [0.4, 0.5) is 0 Å². The molecule has 1 unspecified atom stereocenters. The van der Waals surface area contributed by atoms with Crippen molar-refractivity contribution in [1.82, 2.24) is 15.2 Å². The van der Waals surface area contributed by atoms with Crippen LogP contribution in [0.3, 0.4) is 0 Å². The van der Waals surface area contributed by atoms with Crippen LogP contribution in [0.25, 0.3) is 0 Å². The first-order valence-electron chi connectivity index (χ1n) is 8.19. The zero-order chi connectivity index (χ0) is 13.8. The Bertz CT molecular complexity index is 412. The van der Waals surface area contributed by atoms with E-state index in [2.05, 4.69) is 34.3 Å². The highest BCUT2D eigenvalue weighted by atomic mass is 15.3. The summed E-state index contributed by atoms with van der Waals surface area (Å²) in [6, 6.07) is 4.99. The van der Waals surface area contributed by atoms with Crippen LogP contribution in [0.1, 0.15) is 51.0 Å². The summed E-state index contributed by atoms with van der Waals surface area (Å²) in [7, 11) is 0. The Morgan fingerprint density at radius 1 is 1.25 bits per heavy atom. The van der Waals surface area contributed by atoms with Gasteiger partial charge in [-0.3, -0.25) is 9.88 Å². The fraction of sp³-hybridized carbons (Fsp3) is 0.706. The van der Waals surface area contributed by atoms with E-state index in [1.165, 1.54) is 50.6 Å². The molecule has 0 amide bonds. The molecule has 0 bridgehead atoms. The van der Waals surface area contributed by atoms with E-state index in [0.29, 0.717) is 11.6 Å². The van der Waals surface area contributed by atoms with Crippen LogP contribution < -0.4 is 5.32 Å². The normalized spacial score (nSPS) is 26.8.